The van der Waals surface area contributed by atoms with Gasteiger partial charge in [0.25, 0.3) is 0 Å². The second-order valence-electron chi connectivity index (χ2n) is 3.61. The fourth-order valence-corrected chi connectivity index (χ4v) is 3.06. The Morgan fingerprint density at radius 2 is 2.42 bits per heavy atom. The molecule has 0 aliphatic carbocycles. The minimum Gasteiger partial charge on any atom is -0.388 e. The average Bonchev–Trinajstić information content (AvgIpc) is 2.12. The van der Waals surface area contributed by atoms with E-state index in [-0.39, 0.29) is 6.10 Å². The number of hydrogen-bond acceptors (Lipinski definition) is 3. The van der Waals surface area contributed by atoms with Gasteiger partial charge >= 0.3 is 0 Å². The fraction of sp³-hybridized carbons (Fsp3) is 0.778. The Hall–Kier alpha value is 0.01000. The Bertz CT molecular complexity index is 215. The van der Waals surface area contributed by atoms with Gasteiger partial charge in [-0.3, -0.25) is 0 Å². The number of nitrogens with one attached hydrogen (secondary N) is 1. The zero-order valence-corrected chi connectivity index (χ0v) is 8.16. The van der Waals surface area contributed by atoms with Gasteiger partial charge in [0.2, 0.25) is 0 Å². The lowest BCUT2D eigenvalue weighted by Crippen LogP contribution is -2.36. The summed E-state index contributed by atoms with van der Waals surface area (Å²) in [5, 5.41) is 13.2. The van der Waals surface area contributed by atoms with E-state index in [9.17, 15) is 5.11 Å². The van der Waals surface area contributed by atoms with Crippen molar-refractivity contribution in [2.24, 2.45) is 5.92 Å². The summed E-state index contributed by atoms with van der Waals surface area (Å²) in [6.45, 7) is 4.09. The number of aliphatic hydroxyl groups is 1. The third-order valence-corrected chi connectivity index (χ3v) is 4.13. The third-order valence-electron chi connectivity index (χ3n) is 2.62. The van der Waals surface area contributed by atoms with Crippen molar-refractivity contribution in [2.75, 3.05) is 18.8 Å². The lowest BCUT2D eigenvalue weighted by atomic mass is 9.95. The minimum absolute atomic E-state index is 0.186. The lowest BCUT2D eigenvalue weighted by Gasteiger charge is -2.32. The highest BCUT2D eigenvalue weighted by Gasteiger charge is 2.28. The molecule has 0 spiro atoms. The van der Waals surface area contributed by atoms with Crippen LogP contribution in [0.25, 0.3) is 0 Å². The molecule has 0 aromatic rings. The van der Waals surface area contributed by atoms with Crippen molar-refractivity contribution in [1.29, 1.82) is 0 Å². The van der Waals surface area contributed by atoms with Gasteiger partial charge in [-0.15, -0.1) is 11.8 Å². The topological polar surface area (TPSA) is 32.3 Å². The summed E-state index contributed by atoms with van der Waals surface area (Å²) in [5.41, 5.74) is 1.25. The molecule has 0 amide bonds. The number of thioether (sulfide) groups is 1. The first-order chi connectivity index (χ1) is 5.79. The van der Waals surface area contributed by atoms with Crippen LogP contribution in [0.4, 0.5) is 0 Å². The molecule has 0 radical (unpaired) electrons. The molecular formula is C9H15NOS. The van der Waals surface area contributed by atoms with Crippen LogP contribution >= 0.6 is 11.8 Å². The van der Waals surface area contributed by atoms with Crippen molar-refractivity contribution >= 4 is 11.8 Å². The molecule has 2 aliphatic rings. The van der Waals surface area contributed by atoms with Crippen LogP contribution in [0.3, 0.4) is 0 Å². The molecule has 2 atom stereocenters. The van der Waals surface area contributed by atoms with Crippen LogP contribution in [0.2, 0.25) is 0 Å². The predicted molar refractivity (Wildman–Crippen MR) is 52.1 cm³/mol. The number of hydrogen-bond donors (Lipinski definition) is 2. The second kappa shape index (κ2) is 3.40. The Morgan fingerprint density at radius 1 is 1.58 bits per heavy atom. The molecule has 0 fully saturated rings. The zero-order chi connectivity index (χ0) is 8.55. The van der Waals surface area contributed by atoms with E-state index in [4.69, 9.17) is 0 Å². The minimum atomic E-state index is -0.186. The first-order valence-corrected chi connectivity index (χ1v) is 5.51. The molecule has 12 heavy (non-hydrogen) atoms. The predicted octanol–water partition coefficient (Wildman–Crippen LogP) is 0.978. The van der Waals surface area contributed by atoms with Crippen LogP contribution in [-0.4, -0.2) is 30.1 Å². The standard InChI is InChI=1S/C9H15NOS/c1-6-5-12-8-2-3-10-4-7(8)9(6)11/h6,9-11H,2-5H2,1H3/t6-,9-/m0/s1. The third kappa shape index (κ3) is 1.41. The van der Waals surface area contributed by atoms with E-state index in [1.165, 1.54) is 10.5 Å². The van der Waals surface area contributed by atoms with Crippen molar-refractivity contribution in [3.8, 4) is 0 Å². The van der Waals surface area contributed by atoms with Gasteiger partial charge < -0.3 is 10.4 Å². The Labute approximate surface area is 77.4 Å². The Kier molecular flexibility index (Phi) is 2.44. The smallest absolute Gasteiger partial charge is 0.0806 e. The van der Waals surface area contributed by atoms with E-state index >= 15 is 0 Å². The zero-order valence-electron chi connectivity index (χ0n) is 7.34. The van der Waals surface area contributed by atoms with Crippen molar-refractivity contribution in [2.45, 2.75) is 19.4 Å². The van der Waals surface area contributed by atoms with Gasteiger partial charge in [0, 0.05) is 12.3 Å². The molecule has 68 valence electrons. The number of rotatable bonds is 0. The first-order valence-electron chi connectivity index (χ1n) is 4.52. The van der Waals surface area contributed by atoms with Crippen molar-refractivity contribution in [3.05, 3.63) is 10.5 Å². The van der Waals surface area contributed by atoms with E-state index in [0.29, 0.717) is 5.92 Å². The highest BCUT2D eigenvalue weighted by atomic mass is 32.2. The maximum Gasteiger partial charge on any atom is 0.0806 e. The maximum atomic E-state index is 9.86. The summed E-state index contributed by atoms with van der Waals surface area (Å²) in [4.78, 5) is 1.44. The van der Waals surface area contributed by atoms with Crippen LogP contribution < -0.4 is 5.32 Å². The van der Waals surface area contributed by atoms with Gasteiger partial charge in [0.1, 0.15) is 0 Å². The molecule has 0 saturated carbocycles. The number of aliphatic hydroxyl groups excluding tert-OH is 1. The second-order valence-corrected chi connectivity index (χ2v) is 4.72. The van der Waals surface area contributed by atoms with E-state index in [0.717, 1.165) is 25.3 Å². The van der Waals surface area contributed by atoms with Crippen molar-refractivity contribution < 1.29 is 5.11 Å². The molecule has 0 saturated heterocycles. The summed E-state index contributed by atoms with van der Waals surface area (Å²) in [6, 6.07) is 0. The van der Waals surface area contributed by atoms with Crippen LogP contribution in [0.1, 0.15) is 13.3 Å². The highest BCUT2D eigenvalue weighted by molar-refractivity contribution is 8.03. The van der Waals surface area contributed by atoms with Crippen LogP contribution in [-0.2, 0) is 0 Å². The first kappa shape index (κ1) is 8.60. The lowest BCUT2D eigenvalue weighted by molar-refractivity contribution is 0.156. The van der Waals surface area contributed by atoms with Gasteiger partial charge in [-0.1, -0.05) is 6.92 Å². The van der Waals surface area contributed by atoms with Crippen LogP contribution in [0, 0.1) is 5.92 Å². The largest absolute Gasteiger partial charge is 0.388 e. The van der Waals surface area contributed by atoms with Gasteiger partial charge in [0.15, 0.2) is 0 Å². The molecule has 2 heterocycles. The van der Waals surface area contributed by atoms with E-state index in [1.54, 1.807) is 0 Å². The van der Waals surface area contributed by atoms with Crippen LogP contribution in [0.15, 0.2) is 10.5 Å². The summed E-state index contributed by atoms with van der Waals surface area (Å²) < 4.78 is 0. The van der Waals surface area contributed by atoms with Crippen molar-refractivity contribution in [3.63, 3.8) is 0 Å². The summed E-state index contributed by atoms with van der Waals surface area (Å²) in [5.74, 6) is 1.51. The Balaban J connectivity index is 2.22. The SMILES string of the molecule is C[C@H]1CSC2=C(CNCC2)[C@H]1O. The monoisotopic (exact) mass is 185 g/mol. The molecule has 2 N–H and O–H groups in total. The molecule has 0 bridgehead atoms. The molecule has 3 heteroatoms. The quantitative estimate of drug-likeness (QED) is 0.590. The van der Waals surface area contributed by atoms with Crippen LogP contribution in [0.5, 0.6) is 0 Å². The molecule has 2 aliphatic heterocycles. The van der Waals surface area contributed by atoms with E-state index in [1.807, 2.05) is 11.8 Å². The molecule has 0 unspecified atom stereocenters. The Morgan fingerprint density at radius 3 is 3.25 bits per heavy atom. The van der Waals surface area contributed by atoms with Gasteiger partial charge in [0.05, 0.1) is 6.10 Å². The summed E-state index contributed by atoms with van der Waals surface area (Å²) in [6.07, 6.45) is 0.929. The van der Waals surface area contributed by atoms with Gasteiger partial charge in [-0.2, -0.15) is 0 Å². The molecule has 2 rings (SSSR count). The van der Waals surface area contributed by atoms with Crippen molar-refractivity contribution in [1.82, 2.24) is 5.32 Å². The highest BCUT2D eigenvalue weighted by Crippen LogP contribution is 2.36. The van der Waals surface area contributed by atoms with Gasteiger partial charge in [-0.25, -0.2) is 0 Å². The molecule has 0 aromatic heterocycles. The molecule has 0 aromatic carbocycles. The van der Waals surface area contributed by atoms with E-state index < -0.39 is 0 Å². The van der Waals surface area contributed by atoms with Gasteiger partial charge in [-0.05, 0) is 29.4 Å². The maximum absolute atomic E-state index is 9.86. The summed E-state index contributed by atoms with van der Waals surface area (Å²) >= 11 is 1.94. The molecular weight excluding hydrogens is 170 g/mol. The summed E-state index contributed by atoms with van der Waals surface area (Å²) in [7, 11) is 0. The van der Waals surface area contributed by atoms with E-state index in [2.05, 4.69) is 12.2 Å². The average molecular weight is 185 g/mol. The fourth-order valence-electron chi connectivity index (χ4n) is 1.79. The molecule has 2 nitrogen and oxygen atoms in total. The normalized spacial score (nSPS) is 36.5.